The summed E-state index contributed by atoms with van der Waals surface area (Å²) in [5.74, 6) is -0.747. The lowest BCUT2D eigenvalue weighted by molar-refractivity contribution is -0.120. The van der Waals surface area contributed by atoms with Crippen LogP contribution in [0.2, 0.25) is 0 Å². The first-order valence-electron chi connectivity index (χ1n) is 7.60. The molecule has 0 atom stereocenters. The van der Waals surface area contributed by atoms with E-state index in [1.54, 1.807) is 48.5 Å². The van der Waals surface area contributed by atoms with Crippen molar-refractivity contribution in [3.63, 3.8) is 0 Å². The van der Waals surface area contributed by atoms with Crippen molar-refractivity contribution in [2.24, 2.45) is 0 Å². The number of hydrogen-bond donors (Lipinski definition) is 1. The molecule has 0 saturated heterocycles. The van der Waals surface area contributed by atoms with Gasteiger partial charge in [-0.25, -0.2) is 0 Å². The van der Waals surface area contributed by atoms with Gasteiger partial charge in [-0.2, -0.15) is 5.26 Å². The van der Waals surface area contributed by atoms with Gasteiger partial charge in [-0.3, -0.25) is 14.4 Å². The lowest BCUT2D eigenvalue weighted by Crippen LogP contribution is -2.36. The van der Waals surface area contributed by atoms with E-state index >= 15 is 0 Å². The summed E-state index contributed by atoms with van der Waals surface area (Å²) in [7, 11) is 0. The van der Waals surface area contributed by atoms with Crippen LogP contribution in [0.15, 0.2) is 48.5 Å². The maximum absolute atomic E-state index is 12.2. The van der Waals surface area contributed by atoms with E-state index in [4.69, 9.17) is 5.26 Å². The second-order valence-corrected chi connectivity index (χ2v) is 5.45. The van der Waals surface area contributed by atoms with Crippen LogP contribution < -0.4 is 10.2 Å². The molecular formula is C19H17N3O3. The number of anilines is 2. The standard InChI is InChI=1S/C19H17N3O3/c1-13(23)16-6-8-17(9-7-16)21-19(25)12-22(14(2)24)18-5-3-4-15(10-18)11-20/h3-10H,12H2,1-2H3,(H,21,25). The van der Waals surface area contributed by atoms with Gasteiger partial charge in [0, 0.05) is 23.9 Å². The van der Waals surface area contributed by atoms with Crippen LogP contribution in [0, 0.1) is 11.3 Å². The number of carbonyl (C=O) groups excluding carboxylic acids is 3. The van der Waals surface area contributed by atoms with Gasteiger partial charge in [0.05, 0.1) is 11.6 Å². The minimum Gasteiger partial charge on any atom is -0.325 e. The van der Waals surface area contributed by atoms with Crippen molar-refractivity contribution >= 4 is 29.0 Å². The van der Waals surface area contributed by atoms with Crippen LogP contribution in [0.3, 0.4) is 0 Å². The number of nitriles is 1. The van der Waals surface area contributed by atoms with Crippen molar-refractivity contribution < 1.29 is 14.4 Å². The number of nitrogens with zero attached hydrogens (tertiary/aromatic N) is 2. The van der Waals surface area contributed by atoms with E-state index in [2.05, 4.69) is 5.32 Å². The Morgan fingerprint density at radius 3 is 2.32 bits per heavy atom. The quantitative estimate of drug-likeness (QED) is 0.851. The molecule has 0 aromatic heterocycles. The summed E-state index contributed by atoms with van der Waals surface area (Å²) in [6.07, 6.45) is 0. The minimum absolute atomic E-state index is 0.0574. The molecule has 6 nitrogen and oxygen atoms in total. The largest absolute Gasteiger partial charge is 0.325 e. The Kier molecular flexibility index (Phi) is 5.64. The number of benzene rings is 2. The van der Waals surface area contributed by atoms with Crippen molar-refractivity contribution in [1.82, 2.24) is 0 Å². The third-order valence-corrected chi connectivity index (χ3v) is 3.54. The molecule has 2 rings (SSSR count). The number of carbonyl (C=O) groups is 3. The van der Waals surface area contributed by atoms with E-state index in [1.165, 1.54) is 18.7 Å². The second kappa shape index (κ2) is 7.88. The Morgan fingerprint density at radius 1 is 1.08 bits per heavy atom. The molecule has 1 N–H and O–H groups in total. The molecule has 0 aliphatic rings. The summed E-state index contributed by atoms with van der Waals surface area (Å²) in [4.78, 5) is 36.7. The van der Waals surface area contributed by atoms with Crippen LogP contribution in [-0.4, -0.2) is 24.1 Å². The zero-order valence-corrected chi connectivity index (χ0v) is 13.9. The Morgan fingerprint density at radius 2 is 1.76 bits per heavy atom. The van der Waals surface area contributed by atoms with Crippen molar-refractivity contribution in [1.29, 1.82) is 5.26 Å². The first kappa shape index (κ1) is 17.9. The van der Waals surface area contributed by atoms with Crippen LogP contribution in [0.5, 0.6) is 0 Å². The van der Waals surface area contributed by atoms with Crippen LogP contribution in [0.4, 0.5) is 11.4 Å². The van der Waals surface area contributed by atoms with Crippen molar-refractivity contribution in [3.05, 3.63) is 59.7 Å². The summed E-state index contributed by atoms with van der Waals surface area (Å²) in [5, 5.41) is 11.6. The average molecular weight is 335 g/mol. The van der Waals surface area contributed by atoms with Gasteiger partial charge in [0.2, 0.25) is 11.8 Å². The van der Waals surface area contributed by atoms with Crippen molar-refractivity contribution in [3.8, 4) is 6.07 Å². The Labute approximate surface area is 145 Å². The molecule has 0 spiro atoms. The first-order chi connectivity index (χ1) is 11.9. The summed E-state index contributed by atoms with van der Waals surface area (Å²) in [5.41, 5.74) is 1.97. The van der Waals surface area contributed by atoms with Crippen molar-refractivity contribution in [2.75, 3.05) is 16.8 Å². The highest BCUT2D eigenvalue weighted by Gasteiger charge is 2.16. The fourth-order valence-corrected chi connectivity index (χ4v) is 2.26. The molecule has 126 valence electrons. The molecule has 25 heavy (non-hydrogen) atoms. The molecule has 0 fully saturated rings. The van der Waals surface area contributed by atoms with Gasteiger partial charge in [0.1, 0.15) is 6.54 Å². The van der Waals surface area contributed by atoms with Gasteiger partial charge in [-0.15, -0.1) is 0 Å². The zero-order valence-electron chi connectivity index (χ0n) is 13.9. The number of Topliss-reactive ketones (excluding diaryl/α,β-unsaturated/α-hetero) is 1. The number of amides is 2. The Balaban J connectivity index is 2.11. The van der Waals surface area contributed by atoms with Crippen molar-refractivity contribution in [2.45, 2.75) is 13.8 Å². The molecule has 0 radical (unpaired) electrons. The summed E-state index contributed by atoms with van der Waals surface area (Å²) in [6.45, 7) is 2.64. The van der Waals surface area contributed by atoms with Crippen LogP contribution in [0.25, 0.3) is 0 Å². The van der Waals surface area contributed by atoms with Gasteiger partial charge in [-0.1, -0.05) is 6.07 Å². The van der Waals surface area contributed by atoms with E-state index in [9.17, 15) is 14.4 Å². The smallest absolute Gasteiger partial charge is 0.244 e. The number of rotatable bonds is 5. The highest BCUT2D eigenvalue weighted by molar-refractivity contribution is 6.02. The fraction of sp³-hybridized carbons (Fsp3) is 0.158. The van der Waals surface area contributed by atoms with Crippen LogP contribution >= 0.6 is 0 Å². The Bertz CT molecular complexity index is 851. The third kappa shape index (κ3) is 4.75. The topological polar surface area (TPSA) is 90.3 Å². The number of ketones is 1. The predicted octanol–water partition coefficient (Wildman–Crippen LogP) is 2.75. The van der Waals surface area contributed by atoms with Crippen LogP contribution in [-0.2, 0) is 9.59 Å². The lowest BCUT2D eigenvalue weighted by atomic mass is 10.1. The van der Waals surface area contributed by atoms with Gasteiger partial charge < -0.3 is 10.2 Å². The van der Waals surface area contributed by atoms with Crippen LogP contribution in [0.1, 0.15) is 29.8 Å². The normalized spacial score (nSPS) is 9.80. The maximum atomic E-state index is 12.2. The zero-order chi connectivity index (χ0) is 18.4. The molecule has 0 bridgehead atoms. The molecule has 2 amide bonds. The monoisotopic (exact) mass is 335 g/mol. The number of hydrogen-bond acceptors (Lipinski definition) is 4. The molecule has 2 aromatic carbocycles. The van der Waals surface area contributed by atoms with Gasteiger partial charge in [-0.05, 0) is 49.4 Å². The molecule has 0 unspecified atom stereocenters. The van der Waals surface area contributed by atoms with E-state index in [1.807, 2.05) is 6.07 Å². The molecular weight excluding hydrogens is 318 g/mol. The summed E-state index contributed by atoms with van der Waals surface area (Å²) < 4.78 is 0. The Hall–Kier alpha value is -3.46. The van der Waals surface area contributed by atoms with E-state index in [-0.39, 0.29) is 24.1 Å². The maximum Gasteiger partial charge on any atom is 0.244 e. The van der Waals surface area contributed by atoms with Gasteiger partial charge in [0.15, 0.2) is 5.78 Å². The molecule has 0 aliphatic carbocycles. The number of nitrogens with one attached hydrogen (secondary N) is 1. The van der Waals surface area contributed by atoms with Gasteiger partial charge in [0.25, 0.3) is 0 Å². The minimum atomic E-state index is -0.381. The molecule has 0 heterocycles. The fourth-order valence-electron chi connectivity index (χ4n) is 2.26. The lowest BCUT2D eigenvalue weighted by Gasteiger charge is -2.21. The van der Waals surface area contributed by atoms with Gasteiger partial charge >= 0.3 is 0 Å². The van der Waals surface area contributed by atoms with E-state index in [0.717, 1.165) is 0 Å². The predicted molar refractivity (Wildman–Crippen MR) is 94.3 cm³/mol. The second-order valence-electron chi connectivity index (χ2n) is 5.45. The molecule has 2 aromatic rings. The SMILES string of the molecule is CC(=O)c1ccc(NC(=O)CN(C(C)=O)c2cccc(C#N)c2)cc1. The molecule has 6 heteroatoms. The molecule has 0 saturated carbocycles. The highest BCUT2D eigenvalue weighted by atomic mass is 16.2. The summed E-state index contributed by atoms with van der Waals surface area (Å²) >= 11 is 0. The van der Waals surface area contributed by atoms with E-state index in [0.29, 0.717) is 22.5 Å². The highest BCUT2D eigenvalue weighted by Crippen LogP contribution is 2.17. The average Bonchev–Trinajstić information content (AvgIpc) is 2.60. The molecule has 0 aliphatic heterocycles. The third-order valence-electron chi connectivity index (χ3n) is 3.54. The first-order valence-corrected chi connectivity index (χ1v) is 7.60. The summed E-state index contributed by atoms with van der Waals surface area (Å²) in [6, 6.07) is 15.0. The van der Waals surface area contributed by atoms with E-state index < -0.39 is 0 Å².